The van der Waals surface area contributed by atoms with E-state index in [0.29, 0.717) is 30.0 Å². The van der Waals surface area contributed by atoms with Crippen LogP contribution in [-0.2, 0) is 21.2 Å². The van der Waals surface area contributed by atoms with Crippen LogP contribution in [0.3, 0.4) is 0 Å². The second-order valence-electron chi connectivity index (χ2n) is 17.3. The van der Waals surface area contributed by atoms with Gasteiger partial charge in [-0.2, -0.15) is 0 Å². The van der Waals surface area contributed by atoms with Crippen molar-refractivity contribution in [1.29, 1.82) is 0 Å². The number of rotatable bonds is 12. The van der Waals surface area contributed by atoms with E-state index in [2.05, 4.69) is 55.8 Å². The van der Waals surface area contributed by atoms with Gasteiger partial charge in [0.15, 0.2) is 0 Å². The fourth-order valence-corrected chi connectivity index (χ4v) is 9.70. The van der Waals surface area contributed by atoms with Gasteiger partial charge >= 0.3 is 0 Å². The molecule has 0 saturated carbocycles. The van der Waals surface area contributed by atoms with Gasteiger partial charge in [-0.3, -0.25) is 24.6 Å². The molecule has 324 valence electrons. The number of carbonyl (C=O) groups excluding carboxylic acids is 2. The quantitative estimate of drug-likeness (QED) is 0.0827. The van der Waals surface area contributed by atoms with Crippen molar-refractivity contribution in [2.75, 3.05) is 57.0 Å². The van der Waals surface area contributed by atoms with Gasteiger partial charge in [0, 0.05) is 93.7 Å². The number of sulfonamides is 1. The summed E-state index contributed by atoms with van der Waals surface area (Å²) < 4.78 is 36.1. The standard InChI is InChI=1S/C45H49ClN8O7S/c1-45(2)13-11-30(38(25-45)28-5-7-32(46)8-6-28)27-52-15-17-53(18-16-52)34-9-10-37(40(23-34)61-35-20-29-12-14-47-43(29)48-26-35)44(56)50-62(59,60)36-21-31-19-33(22-41(55)51(3)4)49-42(31)39(24-36)54(57)58/h5-10,12,14,20-21,23-24,26,33,49H,11,13,15-19,22,25,27H2,1-4H3,(H,47,48)(H,50,56)/t33-/m0/s1. The minimum absolute atomic E-state index is 0.0571. The van der Waals surface area contributed by atoms with Crippen molar-refractivity contribution in [2.24, 2.45) is 5.41 Å². The second-order valence-corrected chi connectivity index (χ2v) is 19.4. The third-order valence-corrected chi connectivity index (χ3v) is 13.5. The number of nitrogens with one attached hydrogen (secondary N) is 3. The van der Waals surface area contributed by atoms with Gasteiger partial charge < -0.3 is 24.8 Å². The first-order valence-electron chi connectivity index (χ1n) is 20.6. The van der Waals surface area contributed by atoms with E-state index in [1.54, 1.807) is 38.5 Å². The summed E-state index contributed by atoms with van der Waals surface area (Å²) in [6.45, 7) is 8.56. The van der Waals surface area contributed by atoms with Crippen molar-refractivity contribution in [1.82, 2.24) is 24.5 Å². The summed E-state index contributed by atoms with van der Waals surface area (Å²) in [6, 6.07) is 18.5. The largest absolute Gasteiger partial charge is 0.455 e. The van der Waals surface area contributed by atoms with Crippen molar-refractivity contribution in [3.8, 4) is 11.5 Å². The Morgan fingerprint density at radius 1 is 1.05 bits per heavy atom. The number of carbonyl (C=O) groups is 2. The van der Waals surface area contributed by atoms with Gasteiger partial charge in [-0.15, -0.1) is 0 Å². The predicted octanol–water partition coefficient (Wildman–Crippen LogP) is 7.64. The number of amides is 2. The Morgan fingerprint density at radius 3 is 2.53 bits per heavy atom. The number of aromatic amines is 1. The Labute approximate surface area is 365 Å². The van der Waals surface area contributed by atoms with E-state index in [9.17, 15) is 28.1 Å². The molecule has 4 heterocycles. The molecule has 0 radical (unpaired) electrons. The zero-order valence-corrected chi connectivity index (χ0v) is 36.6. The maximum atomic E-state index is 14.0. The smallest absolute Gasteiger partial charge is 0.293 e. The number of pyridine rings is 1. The number of nitro benzene ring substituents is 1. The molecule has 3 N–H and O–H groups in total. The van der Waals surface area contributed by atoms with Gasteiger partial charge in [0.2, 0.25) is 5.91 Å². The summed E-state index contributed by atoms with van der Waals surface area (Å²) in [4.78, 5) is 51.0. The molecule has 15 nitrogen and oxygen atoms in total. The maximum absolute atomic E-state index is 14.0. The van der Waals surface area contributed by atoms with E-state index in [4.69, 9.17) is 16.3 Å². The number of hydrogen-bond acceptors (Lipinski definition) is 11. The first-order valence-corrected chi connectivity index (χ1v) is 22.4. The fraction of sp³-hybridized carbons (Fsp3) is 0.356. The van der Waals surface area contributed by atoms with Crippen LogP contribution in [0.25, 0.3) is 16.6 Å². The third-order valence-electron chi connectivity index (χ3n) is 12.0. The van der Waals surface area contributed by atoms with Crippen LogP contribution in [0.4, 0.5) is 17.1 Å². The van der Waals surface area contributed by atoms with Crippen LogP contribution in [0.15, 0.2) is 89.6 Å². The first-order chi connectivity index (χ1) is 29.5. The Hall–Kier alpha value is -5.97. The monoisotopic (exact) mass is 880 g/mol. The number of hydrogen-bond donors (Lipinski definition) is 3. The lowest BCUT2D eigenvalue weighted by atomic mass is 9.72. The molecule has 1 fully saturated rings. The van der Waals surface area contributed by atoms with Crippen molar-refractivity contribution < 1.29 is 27.7 Å². The Morgan fingerprint density at radius 2 is 1.81 bits per heavy atom. The number of piperazine rings is 1. The van der Waals surface area contributed by atoms with Crippen molar-refractivity contribution in [3.05, 3.63) is 117 Å². The highest BCUT2D eigenvalue weighted by atomic mass is 35.5. The zero-order valence-electron chi connectivity index (χ0n) is 35.0. The number of nitro groups is 1. The van der Waals surface area contributed by atoms with E-state index >= 15 is 0 Å². The molecule has 62 heavy (non-hydrogen) atoms. The molecule has 1 aliphatic carbocycles. The van der Waals surface area contributed by atoms with Crippen LogP contribution < -0.4 is 19.7 Å². The number of H-pyrrole nitrogens is 1. The van der Waals surface area contributed by atoms with E-state index in [1.807, 2.05) is 18.2 Å². The summed E-state index contributed by atoms with van der Waals surface area (Å²) in [6.07, 6.45) is 6.67. The number of ether oxygens (including phenoxy) is 1. The maximum Gasteiger partial charge on any atom is 0.293 e. The lowest BCUT2D eigenvalue weighted by Crippen LogP contribution is -2.47. The average Bonchev–Trinajstić information content (AvgIpc) is 3.88. The molecular formula is C45H49ClN8O7S. The SMILES string of the molecule is CN(C)C(=O)C[C@@H]1Cc2cc(S(=O)(=O)NC(=O)c3ccc(N4CCN(CC5=C(c6ccc(Cl)cc6)CC(C)(C)CC5)CC4)cc3Oc3cnc4[nH]ccc4c3)cc([N+](=O)[O-])c2N1. The van der Waals surface area contributed by atoms with Crippen LogP contribution in [0, 0.1) is 15.5 Å². The van der Waals surface area contributed by atoms with Gasteiger partial charge in [-0.1, -0.05) is 43.2 Å². The molecular weight excluding hydrogens is 832 g/mol. The normalized spacial score (nSPS) is 17.7. The molecule has 3 aromatic carbocycles. The molecule has 5 aromatic rings. The number of anilines is 2. The topological polar surface area (TPSA) is 183 Å². The number of fused-ring (bicyclic) bond motifs is 2. The number of allylic oxidation sites excluding steroid dienone is 1. The van der Waals surface area contributed by atoms with Gasteiger partial charge in [0.05, 0.1) is 21.6 Å². The van der Waals surface area contributed by atoms with Crippen molar-refractivity contribution >= 4 is 67.1 Å². The Bertz CT molecular complexity index is 2710. The summed E-state index contributed by atoms with van der Waals surface area (Å²) in [5.74, 6) is -0.729. The lowest BCUT2D eigenvalue weighted by molar-refractivity contribution is -0.384. The summed E-state index contributed by atoms with van der Waals surface area (Å²) >= 11 is 6.24. The molecule has 2 aromatic heterocycles. The van der Waals surface area contributed by atoms with Crippen LogP contribution in [0.2, 0.25) is 5.02 Å². The van der Waals surface area contributed by atoms with E-state index in [-0.39, 0.29) is 41.2 Å². The molecule has 0 unspecified atom stereocenters. The molecule has 0 spiro atoms. The van der Waals surface area contributed by atoms with Gasteiger partial charge in [0.25, 0.3) is 21.6 Å². The van der Waals surface area contributed by atoms with E-state index in [1.165, 1.54) is 39.9 Å². The lowest BCUT2D eigenvalue weighted by Gasteiger charge is -2.39. The molecule has 1 atom stereocenters. The highest BCUT2D eigenvalue weighted by molar-refractivity contribution is 7.90. The summed E-state index contributed by atoms with van der Waals surface area (Å²) in [5.41, 5.74) is 5.70. The van der Waals surface area contributed by atoms with Gasteiger partial charge in [-0.25, -0.2) is 18.1 Å². The molecule has 1 saturated heterocycles. The zero-order chi connectivity index (χ0) is 43.9. The summed E-state index contributed by atoms with van der Waals surface area (Å²) in [7, 11) is -1.41. The first kappa shape index (κ1) is 42.7. The van der Waals surface area contributed by atoms with E-state index < -0.39 is 37.5 Å². The Kier molecular flexibility index (Phi) is 11.8. The Balaban J connectivity index is 1.03. The minimum atomic E-state index is -4.63. The van der Waals surface area contributed by atoms with E-state index in [0.717, 1.165) is 61.1 Å². The number of nitrogens with zero attached hydrogens (tertiary/aromatic N) is 5. The molecule has 2 amide bonds. The predicted molar refractivity (Wildman–Crippen MR) is 239 cm³/mol. The number of benzene rings is 3. The molecule has 2 aliphatic heterocycles. The average molecular weight is 881 g/mol. The number of halogens is 1. The van der Waals surface area contributed by atoms with Crippen LogP contribution in [0.1, 0.15) is 61.0 Å². The minimum Gasteiger partial charge on any atom is -0.455 e. The fourth-order valence-electron chi connectivity index (χ4n) is 8.54. The molecule has 0 bridgehead atoms. The highest BCUT2D eigenvalue weighted by Gasteiger charge is 2.34. The van der Waals surface area contributed by atoms with Gasteiger partial charge in [0.1, 0.15) is 22.8 Å². The molecule has 8 rings (SSSR count). The summed E-state index contributed by atoms with van der Waals surface area (Å²) in [5, 5.41) is 16.7. The second kappa shape index (κ2) is 17.1. The third kappa shape index (κ3) is 9.27. The molecule has 3 aliphatic rings. The highest BCUT2D eigenvalue weighted by Crippen LogP contribution is 2.44. The van der Waals surface area contributed by atoms with Crippen LogP contribution >= 0.6 is 11.6 Å². The van der Waals surface area contributed by atoms with Crippen LogP contribution in [-0.4, -0.2) is 97.8 Å². The van der Waals surface area contributed by atoms with Gasteiger partial charge in [-0.05, 0) is 90.3 Å². The van der Waals surface area contributed by atoms with Crippen LogP contribution in [0.5, 0.6) is 11.5 Å². The van der Waals surface area contributed by atoms with Crippen molar-refractivity contribution in [3.63, 3.8) is 0 Å². The molecule has 17 heteroatoms. The van der Waals surface area contributed by atoms with Crippen molar-refractivity contribution in [2.45, 2.75) is 56.9 Å². The number of aromatic nitrogens is 2.